The highest BCUT2D eigenvalue weighted by Gasteiger charge is 2.27. The van der Waals surface area contributed by atoms with E-state index in [2.05, 4.69) is 29.4 Å². The first-order valence-electron chi connectivity index (χ1n) is 11.0. The number of carboxylic acids is 1. The summed E-state index contributed by atoms with van der Waals surface area (Å²) >= 11 is 5.78. The van der Waals surface area contributed by atoms with Gasteiger partial charge in [-0.3, -0.25) is 0 Å². The summed E-state index contributed by atoms with van der Waals surface area (Å²) in [6.07, 6.45) is -0.242. The van der Waals surface area contributed by atoms with Crippen molar-refractivity contribution in [3.8, 4) is 5.75 Å². The number of benzene rings is 2. The van der Waals surface area contributed by atoms with E-state index in [1.807, 2.05) is 0 Å². The molecule has 1 heterocycles. The molecule has 8 nitrogen and oxygen atoms in total. The van der Waals surface area contributed by atoms with Gasteiger partial charge >= 0.3 is 12.0 Å². The van der Waals surface area contributed by atoms with Crippen LogP contribution in [0.2, 0.25) is 5.02 Å². The fourth-order valence-corrected chi connectivity index (χ4v) is 3.82. The van der Waals surface area contributed by atoms with Crippen molar-refractivity contribution >= 4 is 40.7 Å². The molecule has 2 atom stereocenters. The van der Waals surface area contributed by atoms with Crippen molar-refractivity contribution in [1.29, 1.82) is 0 Å². The van der Waals surface area contributed by atoms with E-state index in [4.69, 9.17) is 21.1 Å². The third-order valence-corrected chi connectivity index (χ3v) is 5.51. The van der Waals surface area contributed by atoms with Crippen molar-refractivity contribution < 1.29 is 28.6 Å². The van der Waals surface area contributed by atoms with E-state index in [9.17, 15) is 19.1 Å². The predicted molar refractivity (Wildman–Crippen MR) is 130 cm³/mol. The Morgan fingerprint density at radius 2 is 1.94 bits per heavy atom. The van der Waals surface area contributed by atoms with Gasteiger partial charge in [0.15, 0.2) is 6.10 Å². The van der Waals surface area contributed by atoms with E-state index in [1.54, 1.807) is 18.2 Å². The zero-order chi connectivity index (χ0) is 24.8. The molecule has 3 rings (SSSR count). The number of amides is 2. The third kappa shape index (κ3) is 6.74. The Morgan fingerprint density at radius 1 is 1.21 bits per heavy atom. The molecular weight excluding hydrogens is 465 g/mol. The summed E-state index contributed by atoms with van der Waals surface area (Å²) in [4.78, 5) is 26.2. The number of ether oxygens (including phenoxy) is 2. The van der Waals surface area contributed by atoms with Gasteiger partial charge in [0, 0.05) is 24.2 Å². The summed E-state index contributed by atoms with van der Waals surface area (Å²) in [6.45, 7) is 7.52. The molecule has 0 aromatic heterocycles. The average Bonchev–Trinajstić information content (AvgIpc) is 3.29. The van der Waals surface area contributed by atoms with Crippen LogP contribution in [0.15, 0.2) is 36.4 Å². The van der Waals surface area contributed by atoms with Crippen LogP contribution in [0.1, 0.15) is 27.2 Å². The quantitative estimate of drug-likeness (QED) is 0.442. The smallest absolute Gasteiger partial charge is 0.344 e. The Balaban J connectivity index is 1.92. The van der Waals surface area contributed by atoms with Gasteiger partial charge in [-0.2, -0.15) is 0 Å². The number of halogens is 2. The predicted octanol–water partition coefficient (Wildman–Crippen LogP) is 5.23. The zero-order valence-corrected chi connectivity index (χ0v) is 20.1. The summed E-state index contributed by atoms with van der Waals surface area (Å²) in [6, 6.07) is 8.40. The van der Waals surface area contributed by atoms with Gasteiger partial charge in [-0.25, -0.2) is 14.0 Å². The molecule has 0 bridgehead atoms. The second kappa shape index (κ2) is 11.4. The Hall–Kier alpha value is -3.04. The van der Waals surface area contributed by atoms with E-state index in [1.165, 1.54) is 19.1 Å². The summed E-state index contributed by atoms with van der Waals surface area (Å²) in [5.74, 6) is -1.17. The number of carbonyl (C=O) groups is 2. The number of hydrogen-bond acceptors (Lipinski definition) is 5. The molecule has 0 spiro atoms. The van der Waals surface area contributed by atoms with E-state index < -0.39 is 23.9 Å². The van der Waals surface area contributed by atoms with Gasteiger partial charge in [0.2, 0.25) is 0 Å². The van der Waals surface area contributed by atoms with Crippen LogP contribution in [0, 0.1) is 11.7 Å². The van der Waals surface area contributed by atoms with Crippen molar-refractivity contribution in [2.24, 2.45) is 5.92 Å². The highest BCUT2D eigenvalue weighted by molar-refractivity contribution is 6.30. The van der Waals surface area contributed by atoms with E-state index in [-0.39, 0.29) is 22.5 Å². The van der Waals surface area contributed by atoms with E-state index in [0.29, 0.717) is 31.4 Å². The second-order valence-electron chi connectivity index (χ2n) is 8.54. The fraction of sp³-hybridized carbons (Fsp3) is 0.417. The summed E-state index contributed by atoms with van der Waals surface area (Å²) in [5, 5.41) is 14.6. The molecule has 0 radical (unpaired) electrons. The summed E-state index contributed by atoms with van der Waals surface area (Å²) in [7, 11) is 0. The van der Waals surface area contributed by atoms with Crippen molar-refractivity contribution in [3.05, 3.63) is 47.2 Å². The van der Waals surface area contributed by atoms with Gasteiger partial charge in [0.05, 0.1) is 29.7 Å². The number of urea groups is 1. The largest absolute Gasteiger partial charge is 0.479 e. The lowest BCUT2D eigenvalue weighted by Crippen LogP contribution is -2.39. The summed E-state index contributed by atoms with van der Waals surface area (Å²) in [5.41, 5.74) is 1.10. The molecule has 2 amide bonds. The SMILES string of the molecule is CC(C)CN(c1ccc(OC(C)C(=O)O)cc1NC(=O)Nc1ccc(Cl)cc1F)C1CCOC1. The van der Waals surface area contributed by atoms with Crippen LogP contribution >= 0.6 is 11.6 Å². The lowest BCUT2D eigenvalue weighted by atomic mass is 10.1. The number of carboxylic acid groups (broad SMARTS) is 1. The van der Waals surface area contributed by atoms with Gasteiger partial charge in [-0.1, -0.05) is 25.4 Å². The van der Waals surface area contributed by atoms with Crippen LogP contribution in [-0.2, 0) is 9.53 Å². The van der Waals surface area contributed by atoms with Crippen LogP contribution in [0.3, 0.4) is 0 Å². The fourth-order valence-electron chi connectivity index (χ4n) is 3.67. The maximum absolute atomic E-state index is 14.2. The van der Waals surface area contributed by atoms with Crippen molar-refractivity contribution in [1.82, 2.24) is 0 Å². The molecule has 1 aliphatic rings. The normalized spacial score (nSPS) is 16.2. The molecule has 10 heteroatoms. The van der Waals surface area contributed by atoms with Crippen molar-refractivity contribution in [3.63, 3.8) is 0 Å². The van der Waals surface area contributed by atoms with Gasteiger partial charge < -0.3 is 30.1 Å². The zero-order valence-electron chi connectivity index (χ0n) is 19.3. The van der Waals surface area contributed by atoms with Crippen LogP contribution in [0.5, 0.6) is 5.75 Å². The van der Waals surface area contributed by atoms with E-state index >= 15 is 0 Å². The monoisotopic (exact) mass is 493 g/mol. The lowest BCUT2D eigenvalue weighted by Gasteiger charge is -2.33. The Labute approximate surface area is 203 Å². The molecule has 1 fully saturated rings. The van der Waals surface area contributed by atoms with Crippen LogP contribution < -0.4 is 20.3 Å². The number of nitrogens with one attached hydrogen (secondary N) is 2. The number of hydrogen-bond donors (Lipinski definition) is 3. The maximum Gasteiger partial charge on any atom is 0.344 e. The standard InChI is InChI=1S/C24H29ClFN3O5/c1-14(2)12-29(17-8-9-33-13-17)22-7-5-18(34-15(3)23(30)31)11-21(22)28-24(32)27-20-6-4-16(25)10-19(20)26/h4-7,10-11,14-15,17H,8-9,12-13H2,1-3H3,(H,30,31)(H2,27,28,32). The van der Waals surface area contributed by atoms with Crippen molar-refractivity contribution in [2.45, 2.75) is 39.3 Å². The minimum absolute atomic E-state index is 0.0291. The third-order valence-electron chi connectivity index (χ3n) is 5.27. The summed E-state index contributed by atoms with van der Waals surface area (Å²) < 4.78 is 25.2. The molecule has 0 saturated carbocycles. The number of carbonyl (C=O) groups excluding carboxylic acids is 1. The number of rotatable bonds is 9. The van der Waals surface area contributed by atoms with Gasteiger partial charge in [0.25, 0.3) is 0 Å². The highest BCUT2D eigenvalue weighted by Crippen LogP contribution is 2.34. The second-order valence-corrected chi connectivity index (χ2v) is 8.98. The first-order chi connectivity index (χ1) is 16.1. The maximum atomic E-state index is 14.2. The Kier molecular flexibility index (Phi) is 8.57. The molecule has 184 valence electrons. The minimum atomic E-state index is -1.11. The topological polar surface area (TPSA) is 100 Å². The van der Waals surface area contributed by atoms with Crippen LogP contribution in [0.25, 0.3) is 0 Å². The van der Waals surface area contributed by atoms with Gasteiger partial charge in [-0.15, -0.1) is 0 Å². The molecule has 2 aromatic carbocycles. The van der Waals surface area contributed by atoms with E-state index in [0.717, 1.165) is 18.2 Å². The first kappa shape index (κ1) is 25.6. The van der Waals surface area contributed by atoms with Crippen LogP contribution in [-0.4, -0.2) is 49.0 Å². The molecule has 2 unspecified atom stereocenters. The van der Waals surface area contributed by atoms with Gasteiger partial charge in [-0.05, 0) is 49.6 Å². The number of aliphatic carboxylic acids is 1. The minimum Gasteiger partial charge on any atom is -0.479 e. The van der Waals surface area contributed by atoms with Crippen molar-refractivity contribution in [2.75, 3.05) is 35.3 Å². The highest BCUT2D eigenvalue weighted by atomic mass is 35.5. The number of anilines is 3. The van der Waals surface area contributed by atoms with Gasteiger partial charge in [0.1, 0.15) is 11.6 Å². The molecule has 34 heavy (non-hydrogen) atoms. The molecular formula is C24H29ClFN3O5. The van der Waals surface area contributed by atoms with Crippen LogP contribution in [0.4, 0.5) is 26.2 Å². The molecule has 3 N–H and O–H groups in total. The molecule has 2 aromatic rings. The Morgan fingerprint density at radius 3 is 2.56 bits per heavy atom. The average molecular weight is 494 g/mol. The Bertz CT molecular complexity index is 1030. The molecule has 1 aliphatic heterocycles. The lowest BCUT2D eigenvalue weighted by molar-refractivity contribution is -0.144. The molecule has 0 aliphatic carbocycles. The molecule has 1 saturated heterocycles. The first-order valence-corrected chi connectivity index (χ1v) is 11.4. The number of nitrogens with zero attached hydrogens (tertiary/aromatic N) is 1.